The second kappa shape index (κ2) is 6.05. The minimum atomic E-state index is -0.233. The van der Waals surface area contributed by atoms with Crippen LogP contribution in [0.3, 0.4) is 0 Å². The summed E-state index contributed by atoms with van der Waals surface area (Å²) in [6, 6.07) is 9.16. The van der Waals surface area contributed by atoms with E-state index < -0.39 is 0 Å². The third-order valence-corrected chi connectivity index (χ3v) is 4.81. The Kier molecular flexibility index (Phi) is 4.28. The van der Waals surface area contributed by atoms with Gasteiger partial charge in [-0.15, -0.1) is 0 Å². The maximum Gasteiger partial charge on any atom is 0.0517 e. The van der Waals surface area contributed by atoms with Crippen LogP contribution in [0.15, 0.2) is 24.3 Å². The first-order chi connectivity index (χ1) is 10.4. The standard InChI is InChI=1S/C19H28N2O/c1-13(22)11-19(2,3)12-20-14-8-9-18-16(10-14)15-6-4-5-7-17(15)21-18/h4-7,13-14,20-22H,8-12H2,1-3H3. The number of hydrogen-bond donors (Lipinski definition) is 3. The fourth-order valence-electron chi connectivity index (χ4n) is 3.84. The van der Waals surface area contributed by atoms with Crippen molar-refractivity contribution in [2.75, 3.05) is 6.54 Å². The number of aryl methyl sites for hydroxylation is 1. The molecule has 2 unspecified atom stereocenters. The minimum absolute atomic E-state index is 0.134. The van der Waals surface area contributed by atoms with Gasteiger partial charge in [0.2, 0.25) is 0 Å². The van der Waals surface area contributed by atoms with Gasteiger partial charge in [0.1, 0.15) is 0 Å². The summed E-state index contributed by atoms with van der Waals surface area (Å²) < 4.78 is 0. The number of para-hydroxylation sites is 1. The number of aliphatic hydroxyl groups is 1. The van der Waals surface area contributed by atoms with Crippen LogP contribution in [-0.2, 0) is 12.8 Å². The van der Waals surface area contributed by atoms with Crippen LogP contribution in [0.2, 0.25) is 0 Å². The molecule has 0 saturated carbocycles. The summed E-state index contributed by atoms with van der Waals surface area (Å²) in [5.74, 6) is 0. The number of aromatic nitrogens is 1. The fourth-order valence-corrected chi connectivity index (χ4v) is 3.84. The Morgan fingerprint density at radius 3 is 2.91 bits per heavy atom. The highest BCUT2D eigenvalue weighted by molar-refractivity contribution is 5.84. The Labute approximate surface area is 133 Å². The number of aromatic amines is 1. The van der Waals surface area contributed by atoms with Crippen LogP contribution in [0.1, 0.15) is 44.9 Å². The molecular formula is C19H28N2O. The molecule has 1 aliphatic carbocycles. The average Bonchev–Trinajstić information content (AvgIpc) is 2.82. The van der Waals surface area contributed by atoms with Crippen LogP contribution in [-0.4, -0.2) is 28.8 Å². The number of hydrogen-bond acceptors (Lipinski definition) is 2. The lowest BCUT2D eigenvalue weighted by atomic mass is 9.85. The van der Waals surface area contributed by atoms with Gasteiger partial charge in [-0.25, -0.2) is 0 Å². The SMILES string of the molecule is CC(O)CC(C)(C)CNC1CCc2[nH]c3ccccc3c2C1. The van der Waals surface area contributed by atoms with Crippen molar-refractivity contribution in [2.45, 2.75) is 58.6 Å². The lowest BCUT2D eigenvalue weighted by Crippen LogP contribution is -2.41. The molecule has 22 heavy (non-hydrogen) atoms. The smallest absolute Gasteiger partial charge is 0.0517 e. The molecule has 120 valence electrons. The van der Waals surface area contributed by atoms with E-state index in [0.29, 0.717) is 6.04 Å². The summed E-state index contributed by atoms with van der Waals surface area (Å²) >= 11 is 0. The maximum absolute atomic E-state index is 9.61. The minimum Gasteiger partial charge on any atom is -0.393 e. The lowest BCUT2D eigenvalue weighted by Gasteiger charge is -2.31. The lowest BCUT2D eigenvalue weighted by molar-refractivity contribution is 0.126. The van der Waals surface area contributed by atoms with E-state index in [1.165, 1.54) is 28.6 Å². The first-order valence-corrected chi connectivity index (χ1v) is 8.44. The third-order valence-electron chi connectivity index (χ3n) is 4.81. The molecule has 0 bridgehead atoms. The molecule has 0 radical (unpaired) electrons. The molecule has 1 aliphatic rings. The normalized spacial score (nSPS) is 20.1. The highest BCUT2D eigenvalue weighted by Gasteiger charge is 2.25. The predicted octanol–water partition coefficient (Wildman–Crippen LogP) is 3.41. The quantitative estimate of drug-likeness (QED) is 0.792. The Hall–Kier alpha value is -1.32. The van der Waals surface area contributed by atoms with Crippen molar-refractivity contribution in [3.63, 3.8) is 0 Å². The van der Waals surface area contributed by atoms with Gasteiger partial charge in [0.05, 0.1) is 6.10 Å². The largest absolute Gasteiger partial charge is 0.393 e. The molecule has 0 spiro atoms. The Balaban J connectivity index is 1.67. The molecule has 0 saturated heterocycles. The topological polar surface area (TPSA) is 48.0 Å². The van der Waals surface area contributed by atoms with Crippen molar-refractivity contribution in [2.24, 2.45) is 5.41 Å². The molecule has 3 heteroatoms. The number of H-pyrrole nitrogens is 1. The molecular weight excluding hydrogens is 272 g/mol. The van der Waals surface area contributed by atoms with Gasteiger partial charge in [-0.2, -0.15) is 0 Å². The molecule has 3 rings (SSSR count). The first kappa shape index (κ1) is 15.6. The molecule has 0 fully saturated rings. The van der Waals surface area contributed by atoms with Gasteiger partial charge in [0.15, 0.2) is 0 Å². The van der Waals surface area contributed by atoms with E-state index in [1.807, 2.05) is 6.92 Å². The second-order valence-corrected chi connectivity index (χ2v) is 7.67. The number of benzene rings is 1. The molecule has 3 nitrogen and oxygen atoms in total. The highest BCUT2D eigenvalue weighted by Crippen LogP contribution is 2.29. The monoisotopic (exact) mass is 300 g/mol. The summed E-state index contributed by atoms with van der Waals surface area (Å²) in [5, 5.41) is 14.7. The number of nitrogens with one attached hydrogen (secondary N) is 2. The molecule has 1 aromatic heterocycles. The zero-order valence-electron chi connectivity index (χ0n) is 13.9. The van der Waals surface area contributed by atoms with E-state index in [0.717, 1.165) is 25.8 Å². The van der Waals surface area contributed by atoms with Crippen LogP contribution < -0.4 is 5.32 Å². The predicted molar refractivity (Wildman–Crippen MR) is 92.2 cm³/mol. The number of rotatable bonds is 5. The van der Waals surface area contributed by atoms with Gasteiger partial charge in [-0.1, -0.05) is 32.0 Å². The summed E-state index contributed by atoms with van der Waals surface area (Å²) in [7, 11) is 0. The van der Waals surface area contributed by atoms with Gasteiger partial charge in [0, 0.05) is 29.2 Å². The molecule has 3 N–H and O–H groups in total. The number of aliphatic hydroxyl groups excluding tert-OH is 1. The van der Waals surface area contributed by atoms with Crippen molar-refractivity contribution in [3.8, 4) is 0 Å². The van der Waals surface area contributed by atoms with Crippen LogP contribution in [0, 0.1) is 5.41 Å². The number of fused-ring (bicyclic) bond motifs is 3. The van der Waals surface area contributed by atoms with Gasteiger partial charge in [-0.05, 0) is 49.7 Å². The zero-order chi connectivity index (χ0) is 15.7. The maximum atomic E-state index is 9.61. The van der Waals surface area contributed by atoms with E-state index in [4.69, 9.17) is 0 Å². The molecule has 0 aliphatic heterocycles. The molecule has 0 amide bonds. The molecule has 1 aromatic carbocycles. The van der Waals surface area contributed by atoms with Gasteiger partial charge >= 0.3 is 0 Å². The van der Waals surface area contributed by atoms with Gasteiger partial charge < -0.3 is 15.4 Å². The van der Waals surface area contributed by atoms with E-state index in [1.54, 1.807) is 0 Å². The summed E-state index contributed by atoms with van der Waals surface area (Å²) in [5.41, 5.74) is 4.31. The average molecular weight is 300 g/mol. The van der Waals surface area contributed by atoms with E-state index in [-0.39, 0.29) is 11.5 Å². The Bertz CT molecular complexity index is 642. The van der Waals surface area contributed by atoms with Crippen molar-refractivity contribution in [3.05, 3.63) is 35.5 Å². The van der Waals surface area contributed by atoms with Crippen molar-refractivity contribution >= 4 is 10.9 Å². The first-order valence-electron chi connectivity index (χ1n) is 8.44. The van der Waals surface area contributed by atoms with Crippen LogP contribution >= 0.6 is 0 Å². The summed E-state index contributed by atoms with van der Waals surface area (Å²) in [6.45, 7) is 7.29. The molecule has 2 aromatic rings. The van der Waals surface area contributed by atoms with Crippen LogP contribution in [0.5, 0.6) is 0 Å². The fraction of sp³-hybridized carbons (Fsp3) is 0.579. The van der Waals surface area contributed by atoms with Gasteiger partial charge in [-0.3, -0.25) is 0 Å². The van der Waals surface area contributed by atoms with Gasteiger partial charge in [0.25, 0.3) is 0 Å². The van der Waals surface area contributed by atoms with E-state index in [9.17, 15) is 5.11 Å². The highest BCUT2D eigenvalue weighted by atomic mass is 16.3. The third kappa shape index (κ3) is 3.36. The Morgan fingerprint density at radius 2 is 2.14 bits per heavy atom. The Morgan fingerprint density at radius 1 is 1.36 bits per heavy atom. The van der Waals surface area contributed by atoms with E-state index >= 15 is 0 Å². The summed E-state index contributed by atoms with van der Waals surface area (Å²) in [4.78, 5) is 3.57. The molecule has 2 atom stereocenters. The van der Waals surface area contributed by atoms with Crippen molar-refractivity contribution < 1.29 is 5.11 Å². The summed E-state index contributed by atoms with van der Waals surface area (Å²) in [6.07, 6.45) is 4.02. The van der Waals surface area contributed by atoms with Crippen LogP contribution in [0.4, 0.5) is 0 Å². The van der Waals surface area contributed by atoms with Crippen molar-refractivity contribution in [1.82, 2.24) is 10.3 Å². The molecule has 1 heterocycles. The zero-order valence-corrected chi connectivity index (χ0v) is 13.9. The second-order valence-electron chi connectivity index (χ2n) is 7.67. The van der Waals surface area contributed by atoms with Crippen molar-refractivity contribution in [1.29, 1.82) is 0 Å². The van der Waals surface area contributed by atoms with E-state index in [2.05, 4.69) is 48.4 Å². The van der Waals surface area contributed by atoms with Crippen LogP contribution in [0.25, 0.3) is 10.9 Å².